The van der Waals surface area contributed by atoms with E-state index in [-0.39, 0.29) is 42.0 Å². The lowest BCUT2D eigenvalue weighted by atomic mass is 10.00. The SMILES string of the molecule is Cl.N[C@@H]1CCC[C@H]1CC(=O)Nc1ccc(C(=O)NCc2ccc(F)cc2)cc1. The monoisotopic (exact) mass is 405 g/mol. The van der Waals surface area contributed by atoms with E-state index in [9.17, 15) is 14.0 Å². The highest BCUT2D eigenvalue weighted by Gasteiger charge is 2.26. The van der Waals surface area contributed by atoms with Crippen LogP contribution in [0.1, 0.15) is 41.6 Å². The summed E-state index contributed by atoms with van der Waals surface area (Å²) in [6, 6.07) is 12.8. The standard InChI is InChI=1S/C21H24FN3O2.ClH/c22-17-8-4-14(5-9-17)13-24-21(27)15-6-10-18(11-7-15)25-20(26)12-16-2-1-3-19(16)23;/h4-11,16,19H,1-3,12-13,23H2,(H,24,27)(H,25,26);1H/t16-,19+;/m0./s1. The summed E-state index contributed by atoms with van der Waals surface area (Å²) in [5.74, 6) is -0.334. The Bertz CT molecular complexity index is 796. The molecular weight excluding hydrogens is 381 g/mol. The molecule has 0 heterocycles. The average Bonchev–Trinajstić information content (AvgIpc) is 3.06. The Labute approximate surface area is 170 Å². The third kappa shape index (κ3) is 6.04. The third-order valence-corrected chi connectivity index (χ3v) is 4.96. The molecule has 150 valence electrons. The van der Waals surface area contributed by atoms with E-state index in [1.807, 2.05) is 0 Å². The lowest BCUT2D eigenvalue weighted by Crippen LogP contribution is -2.28. The minimum Gasteiger partial charge on any atom is -0.348 e. The van der Waals surface area contributed by atoms with Gasteiger partial charge in [0.25, 0.3) is 5.91 Å². The molecule has 0 spiro atoms. The molecule has 0 saturated heterocycles. The molecule has 4 N–H and O–H groups in total. The second kappa shape index (κ2) is 10.2. The highest BCUT2D eigenvalue weighted by molar-refractivity contribution is 5.95. The summed E-state index contributed by atoms with van der Waals surface area (Å²) >= 11 is 0. The average molecular weight is 406 g/mol. The number of rotatable bonds is 6. The number of carbonyl (C=O) groups is 2. The Morgan fingerprint density at radius 1 is 1.04 bits per heavy atom. The quantitative estimate of drug-likeness (QED) is 0.686. The van der Waals surface area contributed by atoms with Crippen molar-refractivity contribution < 1.29 is 14.0 Å². The van der Waals surface area contributed by atoms with Gasteiger partial charge in [0.05, 0.1) is 0 Å². The normalized spacial score (nSPS) is 18.2. The van der Waals surface area contributed by atoms with E-state index in [0.29, 0.717) is 24.2 Å². The maximum Gasteiger partial charge on any atom is 0.251 e. The van der Waals surface area contributed by atoms with Gasteiger partial charge in [0.1, 0.15) is 5.82 Å². The van der Waals surface area contributed by atoms with Gasteiger partial charge in [-0.1, -0.05) is 18.6 Å². The van der Waals surface area contributed by atoms with Crippen LogP contribution in [0.4, 0.5) is 10.1 Å². The summed E-state index contributed by atoms with van der Waals surface area (Å²) in [6.45, 7) is 0.319. The molecule has 1 fully saturated rings. The number of nitrogens with two attached hydrogens (primary N) is 1. The van der Waals surface area contributed by atoms with Crippen LogP contribution in [0.2, 0.25) is 0 Å². The molecule has 1 aliphatic rings. The fraction of sp³-hybridized carbons (Fsp3) is 0.333. The molecular formula is C21H25ClFN3O2. The van der Waals surface area contributed by atoms with Gasteiger partial charge in [-0.2, -0.15) is 0 Å². The highest BCUT2D eigenvalue weighted by Crippen LogP contribution is 2.27. The third-order valence-electron chi connectivity index (χ3n) is 4.96. The Morgan fingerprint density at radius 2 is 1.71 bits per heavy atom. The van der Waals surface area contributed by atoms with E-state index in [4.69, 9.17) is 5.73 Å². The van der Waals surface area contributed by atoms with Crippen molar-refractivity contribution in [3.63, 3.8) is 0 Å². The topological polar surface area (TPSA) is 84.2 Å². The molecule has 0 aromatic heterocycles. The number of nitrogens with one attached hydrogen (secondary N) is 2. The minimum absolute atomic E-state index is 0. The molecule has 3 rings (SSSR count). The van der Waals surface area contributed by atoms with Crippen molar-refractivity contribution in [1.29, 1.82) is 0 Å². The molecule has 2 aromatic carbocycles. The molecule has 2 aromatic rings. The number of anilines is 1. The van der Waals surface area contributed by atoms with Gasteiger partial charge in [-0.15, -0.1) is 12.4 Å². The first kappa shape index (κ1) is 21.9. The van der Waals surface area contributed by atoms with Crippen LogP contribution in [-0.2, 0) is 11.3 Å². The van der Waals surface area contributed by atoms with Crippen LogP contribution in [0.15, 0.2) is 48.5 Å². The van der Waals surface area contributed by atoms with Crippen molar-refractivity contribution in [2.24, 2.45) is 11.7 Å². The number of hydrogen-bond donors (Lipinski definition) is 3. The number of benzene rings is 2. The largest absolute Gasteiger partial charge is 0.348 e. The Morgan fingerprint density at radius 3 is 2.32 bits per heavy atom. The predicted octanol–water partition coefficient (Wildman–Crippen LogP) is 3.63. The first-order chi connectivity index (χ1) is 13.0. The summed E-state index contributed by atoms with van der Waals surface area (Å²) in [6.07, 6.45) is 3.50. The smallest absolute Gasteiger partial charge is 0.251 e. The van der Waals surface area contributed by atoms with Crippen LogP contribution in [0.3, 0.4) is 0 Å². The predicted molar refractivity (Wildman–Crippen MR) is 110 cm³/mol. The summed E-state index contributed by atoms with van der Waals surface area (Å²) in [5, 5.41) is 5.64. The minimum atomic E-state index is -0.308. The first-order valence-corrected chi connectivity index (χ1v) is 9.19. The zero-order valence-electron chi connectivity index (χ0n) is 15.5. The maximum atomic E-state index is 12.9. The Kier molecular flexibility index (Phi) is 7.96. The van der Waals surface area contributed by atoms with E-state index < -0.39 is 0 Å². The van der Waals surface area contributed by atoms with E-state index in [2.05, 4.69) is 10.6 Å². The van der Waals surface area contributed by atoms with Gasteiger partial charge in [-0.25, -0.2) is 4.39 Å². The molecule has 2 amide bonds. The van der Waals surface area contributed by atoms with Gasteiger partial charge >= 0.3 is 0 Å². The van der Waals surface area contributed by atoms with E-state index in [1.54, 1.807) is 36.4 Å². The van der Waals surface area contributed by atoms with Gasteiger partial charge in [0, 0.05) is 30.3 Å². The molecule has 1 saturated carbocycles. The van der Waals surface area contributed by atoms with Gasteiger partial charge < -0.3 is 16.4 Å². The lowest BCUT2D eigenvalue weighted by molar-refractivity contribution is -0.117. The fourth-order valence-electron chi connectivity index (χ4n) is 3.36. The number of halogens is 2. The zero-order valence-corrected chi connectivity index (χ0v) is 16.3. The summed E-state index contributed by atoms with van der Waals surface area (Å²) in [4.78, 5) is 24.3. The van der Waals surface area contributed by atoms with Crippen LogP contribution >= 0.6 is 12.4 Å². The molecule has 1 aliphatic carbocycles. The van der Waals surface area contributed by atoms with Gasteiger partial charge in [0.15, 0.2) is 0 Å². The van der Waals surface area contributed by atoms with Gasteiger partial charge in [0.2, 0.25) is 5.91 Å². The van der Waals surface area contributed by atoms with Crippen LogP contribution in [-0.4, -0.2) is 17.9 Å². The number of amides is 2. The molecule has 0 aliphatic heterocycles. The lowest BCUT2D eigenvalue weighted by Gasteiger charge is -2.14. The zero-order chi connectivity index (χ0) is 19.2. The second-order valence-corrected chi connectivity index (χ2v) is 6.99. The van der Waals surface area contributed by atoms with Crippen molar-refractivity contribution in [3.05, 3.63) is 65.5 Å². The van der Waals surface area contributed by atoms with Crippen molar-refractivity contribution in [2.75, 3.05) is 5.32 Å². The molecule has 0 unspecified atom stereocenters. The summed E-state index contributed by atoms with van der Waals surface area (Å²) < 4.78 is 12.9. The van der Waals surface area contributed by atoms with Gasteiger partial charge in [-0.3, -0.25) is 9.59 Å². The fourth-order valence-corrected chi connectivity index (χ4v) is 3.36. The van der Waals surface area contributed by atoms with Crippen LogP contribution in [0.25, 0.3) is 0 Å². The molecule has 2 atom stereocenters. The summed E-state index contributed by atoms with van der Waals surface area (Å²) in [7, 11) is 0. The van der Waals surface area contributed by atoms with Crippen LogP contribution in [0.5, 0.6) is 0 Å². The Balaban J connectivity index is 0.00000280. The van der Waals surface area contributed by atoms with Crippen molar-refractivity contribution in [3.8, 4) is 0 Å². The summed E-state index contributed by atoms with van der Waals surface area (Å²) in [5.41, 5.74) is 7.97. The number of hydrogen-bond acceptors (Lipinski definition) is 3. The van der Waals surface area contributed by atoms with Crippen molar-refractivity contribution in [2.45, 2.75) is 38.3 Å². The van der Waals surface area contributed by atoms with Crippen LogP contribution < -0.4 is 16.4 Å². The van der Waals surface area contributed by atoms with Crippen molar-refractivity contribution in [1.82, 2.24) is 5.32 Å². The number of carbonyl (C=O) groups excluding carboxylic acids is 2. The van der Waals surface area contributed by atoms with Crippen molar-refractivity contribution >= 4 is 29.9 Å². The molecule has 0 bridgehead atoms. The molecule has 7 heteroatoms. The maximum absolute atomic E-state index is 12.9. The van der Waals surface area contributed by atoms with E-state index in [1.165, 1.54) is 12.1 Å². The highest BCUT2D eigenvalue weighted by atomic mass is 35.5. The van der Waals surface area contributed by atoms with Gasteiger partial charge in [-0.05, 0) is 60.7 Å². The van der Waals surface area contributed by atoms with E-state index in [0.717, 1.165) is 24.8 Å². The Hall–Kier alpha value is -2.44. The second-order valence-electron chi connectivity index (χ2n) is 6.99. The van der Waals surface area contributed by atoms with Crippen LogP contribution in [0, 0.1) is 11.7 Å². The molecule has 5 nitrogen and oxygen atoms in total. The molecule has 28 heavy (non-hydrogen) atoms. The van der Waals surface area contributed by atoms with E-state index >= 15 is 0 Å². The first-order valence-electron chi connectivity index (χ1n) is 9.19. The molecule has 0 radical (unpaired) electrons.